The summed E-state index contributed by atoms with van der Waals surface area (Å²) in [4.78, 5) is 12.4. The first kappa shape index (κ1) is 11.0. The summed E-state index contributed by atoms with van der Waals surface area (Å²) in [6.07, 6.45) is 0. The second kappa shape index (κ2) is 3.83. The van der Waals surface area contributed by atoms with Crippen LogP contribution >= 0.6 is 23.2 Å². The van der Waals surface area contributed by atoms with E-state index in [2.05, 4.69) is 15.0 Å². The molecule has 19 heavy (non-hydrogen) atoms. The second-order valence-electron chi connectivity index (χ2n) is 4.37. The molecule has 0 aliphatic heterocycles. The Morgan fingerprint density at radius 2 is 1.63 bits per heavy atom. The van der Waals surface area contributed by atoms with Crippen molar-refractivity contribution >= 4 is 56.3 Å². The summed E-state index contributed by atoms with van der Waals surface area (Å²) in [7, 11) is 0. The molecule has 3 nitrogen and oxygen atoms in total. The van der Waals surface area contributed by atoms with Crippen molar-refractivity contribution in [2.75, 3.05) is 0 Å². The maximum atomic E-state index is 6.04. The molecule has 0 aliphatic carbocycles. The summed E-state index contributed by atoms with van der Waals surface area (Å²) in [6, 6.07) is 11.2. The molecule has 0 atom stereocenters. The highest BCUT2D eigenvalue weighted by molar-refractivity contribution is 6.32. The van der Waals surface area contributed by atoms with Gasteiger partial charge in [-0.25, -0.2) is 9.97 Å². The standard InChI is InChI=1S/C14H7Cl2N3/c15-7-1-3-10-9(5-7)13-14(18-10)19-12-6-8(16)2-4-11(12)17-13/h1-6H,(H,18,19). The Morgan fingerprint density at radius 1 is 0.842 bits per heavy atom. The number of nitrogens with zero attached hydrogens (tertiary/aromatic N) is 2. The normalized spacial score (nSPS) is 11.7. The molecular formula is C14H7Cl2N3. The Bertz CT molecular complexity index is 944. The van der Waals surface area contributed by atoms with Crippen LogP contribution in [0.15, 0.2) is 36.4 Å². The summed E-state index contributed by atoms with van der Waals surface area (Å²) in [5.41, 5.74) is 4.13. The molecule has 0 unspecified atom stereocenters. The number of hydrogen-bond donors (Lipinski definition) is 1. The molecule has 0 spiro atoms. The molecule has 0 aliphatic rings. The first-order chi connectivity index (χ1) is 9.20. The van der Waals surface area contributed by atoms with Gasteiger partial charge in [-0.1, -0.05) is 23.2 Å². The lowest BCUT2D eigenvalue weighted by Gasteiger charge is -1.97. The van der Waals surface area contributed by atoms with Crippen molar-refractivity contribution in [3.63, 3.8) is 0 Å². The summed E-state index contributed by atoms with van der Waals surface area (Å²) >= 11 is 12.0. The summed E-state index contributed by atoms with van der Waals surface area (Å²) < 4.78 is 0. The predicted molar refractivity (Wildman–Crippen MR) is 78.9 cm³/mol. The zero-order valence-corrected chi connectivity index (χ0v) is 11.1. The molecule has 2 aromatic heterocycles. The molecule has 0 radical (unpaired) electrons. The molecule has 4 rings (SSSR count). The summed E-state index contributed by atoms with van der Waals surface area (Å²) in [6.45, 7) is 0. The van der Waals surface area contributed by atoms with Crippen LogP contribution in [0.1, 0.15) is 0 Å². The quantitative estimate of drug-likeness (QED) is 0.515. The summed E-state index contributed by atoms with van der Waals surface area (Å²) in [5.74, 6) is 0. The molecule has 0 amide bonds. The first-order valence-electron chi connectivity index (χ1n) is 5.75. The van der Waals surface area contributed by atoms with Crippen LogP contribution in [0.25, 0.3) is 33.1 Å². The van der Waals surface area contributed by atoms with Gasteiger partial charge in [-0.3, -0.25) is 0 Å². The fraction of sp³-hybridized carbons (Fsp3) is 0. The Hall–Kier alpha value is -1.84. The number of aromatic nitrogens is 3. The van der Waals surface area contributed by atoms with E-state index in [4.69, 9.17) is 23.2 Å². The Morgan fingerprint density at radius 3 is 2.53 bits per heavy atom. The Labute approximate surface area is 118 Å². The molecule has 0 saturated heterocycles. The number of hydrogen-bond acceptors (Lipinski definition) is 2. The van der Waals surface area contributed by atoms with Crippen LogP contribution in [0.3, 0.4) is 0 Å². The van der Waals surface area contributed by atoms with E-state index in [0.29, 0.717) is 10.0 Å². The highest BCUT2D eigenvalue weighted by atomic mass is 35.5. The van der Waals surface area contributed by atoms with Gasteiger partial charge in [0.1, 0.15) is 5.52 Å². The number of rotatable bonds is 0. The molecule has 2 heterocycles. The lowest BCUT2D eigenvalue weighted by atomic mass is 10.2. The van der Waals surface area contributed by atoms with Gasteiger partial charge in [-0.2, -0.15) is 0 Å². The Balaban J connectivity index is 2.20. The minimum atomic E-state index is 0.653. The zero-order chi connectivity index (χ0) is 13.0. The average molecular weight is 288 g/mol. The third-order valence-corrected chi connectivity index (χ3v) is 3.59. The lowest BCUT2D eigenvalue weighted by molar-refractivity contribution is 1.36. The Kier molecular flexibility index (Phi) is 2.22. The van der Waals surface area contributed by atoms with Gasteiger partial charge in [0.05, 0.1) is 11.0 Å². The van der Waals surface area contributed by atoms with Crippen LogP contribution in [0.2, 0.25) is 10.0 Å². The highest BCUT2D eigenvalue weighted by Gasteiger charge is 2.09. The molecule has 5 heteroatoms. The molecular weight excluding hydrogens is 281 g/mol. The van der Waals surface area contributed by atoms with E-state index in [-0.39, 0.29) is 0 Å². The predicted octanol–water partition coefficient (Wildman–Crippen LogP) is 4.57. The molecule has 0 bridgehead atoms. The van der Waals surface area contributed by atoms with Gasteiger partial charge in [0.2, 0.25) is 0 Å². The van der Waals surface area contributed by atoms with E-state index in [1.54, 1.807) is 0 Å². The topological polar surface area (TPSA) is 41.6 Å². The first-order valence-corrected chi connectivity index (χ1v) is 6.50. The van der Waals surface area contributed by atoms with E-state index in [9.17, 15) is 0 Å². The SMILES string of the molecule is Clc1ccc2nc3c(nc2c1)[nH]c1ccc(Cl)cc13. The van der Waals surface area contributed by atoms with Crippen LogP contribution in [-0.4, -0.2) is 15.0 Å². The van der Waals surface area contributed by atoms with E-state index in [1.165, 1.54) is 0 Å². The maximum absolute atomic E-state index is 6.04. The minimum Gasteiger partial charge on any atom is -0.338 e. The number of nitrogens with one attached hydrogen (secondary N) is 1. The van der Waals surface area contributed by atoms with Crippen molar-refractivity contribution in [1.82, 2.24) is 15.0 Å². The number of benzene rings is 2. The van der Waals surface area contributed by atoms with Crippen molar-refractivity contribution in [3.05, 3.63) is 46.4 Å². The van der Waals surface area contributed by atoms with Crippen molar-refractivity contribution in [2.24, 2.45) is 0 Å². The van der Waals surface area contributed by atoms with E-state index < -0.39 is 0 Å². The number of halogens is 2. The lowest BCUT2D eigenvalue weighted by Crippen LogP contribution is -1.85. The van der Waals surface area contributed by atoms with Crippen LogP contribution in [0, 0.1) is 0 Å². The van der Waals surface area contributed by atoms with Gasteiger partial charge in [-0.05, 0) is 36.4 Å². The van der Waals surface area contributed by atoms with Gasteiger partial charge in [-0.15, -0.1) is 0 Å². The van der Waals surface area contributed by atoms with Gasteiger partial charge >= 0.3 is 0 Å². The molecule has 4 aromatic rings. The van der Waals surface area contributed by atoms with Gasteiger partial charge in [0.25, 0.3) is 0 Å². The van der Waals surface area contributed by atoms with Crippen LogP contribution in [0.5, 0.6) is 0 Å². The number of aromatic amines is 1. The van der Waals surface area contributed by atoms with Crippen molar-refractivity contribution in [3.8, 4) is 0 Å². The largest absolute Gasteiger partial charge is 0.338 e. The second-order valence-corrected chi connectivity index (χ2v) is 5.24. The third-order valence-electron chi connectivity index (χ3n) is 3.12. The molecule has 1 N–H and O–H groups in total. The fourth-order valence-electron chi connectivity index (χ4n) is 2.25. The van der Waals surface area contributed by atoms with Crippen molar-refractivity contribution in [2.45, 2.75) is 0 Å². The molecule has 0 saturated carbocycles. The summed E-state index contributed by atoms with van der Waals surface area (Å²) in [5, 5.41) is 2.32. The minimum absolute atomic E-state index is 0.653. The van der Waals surface area contributed by atoms with Crippen molar-refractivity contribution in [1.29, 1.82) is 0 Å². The number of H-pyrrole nitrogens is 1. The third kappa shape index (κ3) is 1.66. The van der Waals surface area contributed by atoms with E-state index in [0.717, 1.165) is 33.1 Å². The number of fused-ring (bicyclic) bond motifs is 4. The van der Waals surface area contributed by atoms with E-state index in [1.807, 2.05) is 36.4 Å². The fourth-order valence-corrected chi connectivity index (χ4v) is 2.59. The van der Waals surface area contributed by atoms with E-state index >= 15 is 0 Å². The van der Waals surface area contributed by atoms with Crippen LogP contribution in [0.4, 0.5) is 0 Å². The van der Waals surface area contributed by atoms with Gasteiger partial charge < -0.3 is 4.98 Å². The van der Waals surface area contributed by atoms with Gasteiger partial charge in [0, 0.05) is 20.9 Å². The highest BCUT2D eigenvalue weighted by Crippen LogP contribution is 2.27. The van der Waals surface area contributed by atoms with Crippen LogP contribution < -0.4 is 0 Å². The molecule has 0 fully saturated rings. The van der Waals surface area contributed by atoms with Gasteiger partial charge in [0.15, 0.2) is 5.65 Å². The molecule has 92 valence electrons. The maximum Gasteiger partial charge on any atom is 0.157 e. The van der Waals surface area contributed by atoms with Crippen molar-refractivity contribution < 1.29 is 0 Å². The zero-order valence-electron chi connectivity index (χ0n) is 9.61. The van der Waals surface area contributed by atoms with Crippen LogP contribution in [-0.2, 0) is 0 Å². The smallest absolute Gasteiger partial charge is 0.157 e. The molecule has 2 aromatic carbocycles. The average Bonchev–Trinajstić information content (AvgIpc) is 2.73. The monoisotopic (exact) mass is 287 g/mol.